The fourth-order valence-electron chi connectivity index (χ4n) is 3.00. The lowest BCUT2D eigenvalue weighted by Gasteiger charge is -2.33. The molecule has 2 aromatic rings. The van der Waals surface area contributed by atoms with Gasteiger partial charge in [-0.1, -0.05) is 11.6 Å². The van der Waals surface area contributed by atoms with Crippen molar-refractivity contribution in [3.05, 3.63) is 53.6 Å². The predicted octanol–water partition coefficient (Wildman–Crippen LogP) is 3.97. The smallest absolute Gasteiger partial charge is 0.262 e. The average molecular weight is 375 g/mol. The Morgan fingerprint density at radius 2 is 1.92 bits per heavy atom. The van der Waals surface area contributed by atoms with E-state index in [2.05, 4.69) is 10.2 Å². The zero-order valence-electron chi connectivity index (χ0n) is 14.8. The number of piperidine rings is 1. The molecule has 2 aromatic carbocycles. The molecule has 3 rings (SSSR count). The van der Waals surface area contributed by atoms with E-state index in [0.717, 1.165) is 37.3 Å². The molecule has 1 aliphatic rings. The Morgan fingerprint density at radius 1 is 1.19 bits per heavy atom. The minimum atomic E-state index is -0.204. The summed E-state index contributed by atoms with van der Waals surface area (Å²) in [6.07, 6.45) is 2.52. The summed E-state index contributed by atoms with van der Waals surface area (Å²) in [5, 5.41) is 3.47. The Kier molecular flexibility index (Phi) is 6.36. The van der Waals surface area contributed by atoms with Gasteiger partial charge in [0.25, 0.3) is 5.91 Å². The largest absolute Gasteiger partial charge is 0.484 e. The second-order valence-electron chi connectivity index (χ2n) is 6.28. The topological polar surface area (TPSA) is 50.8 Å². The summed E-state index contributed by atoms with van der Waals surface area (Å²) in [5.74, 6) is 0.405. The van der Waals surface area contributed by atoms with Crippen LogP contribution in [0.3, 0.4) is 0 Å². The molecule has 0 bridgehead atoms. The molecular formula is C20H23ClN2O3. The summed E-state index contributed by atoms with van der Waals surface area (Å²) in [4.78, 5) is 14.3. The normalized spacial score (nSPS) is 17.0. The number of nitrogens with zero attached hydrogens (tertiary/aromatic N) is 1. The quantitative estimate of drug-likeness (QED) is 0.831. The Balaban J connectivity index is 1.50. The van der Waals surface area contributed by atoms with E-state index in [0.29, 0.717) is 10.8 Å². The second-order valence-corrected chi connectivity index (χ2v) is 6.72. The number of ether oxygens (including phenoxy) is 2. The highest BCUT2D eigenvalue weighted by atomic mass is 35.5. The molecule has 0 spiro atoms. The molecule has 1 heterocycles. The minimum absolute atomic E-state index is 0.0506. The van der Waals surface area contributed by atoms with Gasteiger partial charge in [0.2, 0.25) is 0 Å². The first-order chi connectivity index (χ1) is 12.6. The fourth-order valence-corrected chi connectivity index (χ4v) is 3.12. The minimum Gasteiger partial charge on any atom is -0.484 e. The molecule has 1 atom stereocenters. The number of halogens is 1. The number of carbonyl (C=O) groups is 1. The molecule has 0 aromatic heterocycles. The third-order valence-corrected chi connectivity index (χ3v) is 4.66. The first-order valence-electron chi connectivity index (χ1n) is 8.70. The first kappa shape index (κ1) is 18.5. The van der Waals surface area contributed by atoms with E-state index in [9.17, 15) is 4.79 Å². The highest BCUT2D eigenvalue weighted by Crippen LogP contribution is 2.23. The summed E-state index contributed by atoms with van der Waals surface area (Å²) in [5.41, 5.74) is 1.89. The average Bonchev–Trinajstić information content (AvgIpc) is 2.68. The summed E-state index contributed by atoms with van der Waals surface area (Å²) in [7, 11) is 1.76. The van der Waals surface area contributed by atoms with Crippen molar-refractivity contribution in [2.24, 2.45) is 0 Å². The van der Waals surface area contributed by atoms with Crippen LogP contribution >= 0.6 is 11.6 Å². The van der Waals surface area contributed by atoms with Gasteiger partial charge >= 0.3 is 0 Å². The molecule has 1 aliphatic heterocycles. The van der Waals surface area contributed by atoms with E-state index < -0.39 is 0 Å². The van der Waals surface area contributed by atoms with Gasteiger partial charge in [-0.15, -0.1) is 0 Å². The molecule has 0 unspecified atom stereocenters. The van der Waals surface area contributed by atoms with Crippen molar-refractivity contribution >= 4 is 28.9 Å². The molecule has 1 fully saturated rings. The van der Waals surface area contributed by atoms with E-state index in [1.54, 1.807) is 31.4 Å². The van der Waals surface area contributed by atoms with Gasteiger partial charge in [-0.2, -0.15) is 0 Å². The predicted molar refractivity (Wildman–Crippen MR) is 104 cm³/mol. The van der Waals surface area contributed by atoms with Crippen molar-refractivity contribution in [2.75, 3.05) is 37.0 Å². The lowest BCUT2D eigenvalue weighted by atomic mass is 10.1. The number of benzene rings is 2. The van der Waals surface area contributed by atoms with Gasteiger partial charge in [-0.05, 0) is 61.4 Å². The van der Waals surface area contributed by atoms with Crippen molar-refractivity contribution in [3.63, 3.8) is 0 Å². The molecular weight excluding hydrogens is 352 g/mol. The first-order valence-corrected chi connectivity index (χ1v) is 9.08. The van der Waals surface area contributed by atoms with Gasteiger partial charge < -0.3 is 19.7 Å². The Morgan fingerprint density at radius 3 is 2.62 bits per heavy atom. The monoisotopic (exact) mass is 374 g/mol. The standard InChI is InChI=1S/C20H23ClN2O3/c1-25-19-3-2-12-23(13-19)17-8-6-16(7-9-17)22-20(24)14-26-18-10-4-15(21)5-11-18/h4-11,19H,2-3,12-14H2,1H3,(H,22,24)/t19-/m0/s1. The Hall–Kier alpha value is -2.24. The van der Waals surface area contributed by atoms with Crippen LogP contribution in [0.15, 0.2) is 48.5 Å². The maximum atomic E-state index is 12.0. The SMILES string of the molecule is CO[C@H]1CCCN(c2ccc(NC(=O)COc3ccc(Cl)cc3)cc2)C1. The lowest BCUT2D eigenvalue weighted by molar-refractivity contribution is -0.118. The molecule has 0 radical (unpaired) electrons. The van der Waals surface area contributed by atoms with Gasteiger partial charge in [0, 0.05) is 36.6 Å². The van der Waals surface area contributed by atoms with E-state index in [-0.39, 0.29) is 18.6 Å². The van der Waals surface area contributed by atoms with Crippen molar-refractivity contribution in [1.29, 1.82) is 0 Å². The number of hydrogen-bond donors (Lipinski definition) is 1. The third kappa shape index (κ3) is 5.13. The van der Waals surface area contributed by atoms with Crippen molar-refractivity contribution in [2.45, 2.75) is 18.9 Å². The lowest BCUT2D eigenvalue weighted by Crippen LogP contribution is -2.39. The van der Waals surface area contributed by atoms with Crippen LogP contribution in [0.25, 0.3) is 0 Å². The Labute approximate surface area is 158 Å². The van der Waals surface area contributed by atoms with Crippen LogP contribution in [-0.4, -0.2) is 38.8 Å². The van der Waals surface area contributed by atoms with Crippen LogP contribution in [0.5, 0.6) is 5.75 Å². The van der Waals surface area contributed by atoms with Crippen LogP contribution in [-0.2, 0) is 9.53 Å². The number of methoxy groups -OCH3 is 1. The summed E-state index contributed by atoms with van der Waals surface area (Å²) >= 11 is 5.82. The number of amides is 1. The molecule has 1 amide bonds. The van der Waals surface area contributed by atoms with Crippen LogP contribution in [0.4, 0.5) is 11.4 Å². The van der Waals surface area contributed by atoms with Crippen molar-refractivity contribution in [3.8, 4) is 5.75 Å². The molecule has 26 heavy (non-hydrogen) atoms. The van der Waals surface area contributed by atoms with E-state index in [1.165, 1.54) is 0 Å². The zero-order chi connectivity index (χ0) is 18.4. The summed E-state index contributed by atoms with van der Waals surface area (Å²) in [6.45, 7) is 1.88. The number of rotatable bonds is 6. The van der Waals surface area contributed by atoms with Gasteiger partial charge in [0.05, 0.1) is 6.10 Å². The van der Waals surface area contributed by atoms with Crippen molar-refractivity contribution in [1.82, 2.24) is 0 Å². The van der Waals surface area contributed by atoms with Crippen LogP contribution in [0.1, 0.15) is 12.8 Å². The second kappa shape index (κ2) is 8.92. The van der Waals surface area contributed by atoms with Crippen LogP contribution in [0, 0.1) is 0 Å². The maximum absolute atomic E-state index is 12.0. The molecule has 0 saturated carbocycles. The summed E-state index contributed by atoms with van der Waals surface area (Å²) < 4.78 is 10.9. The Bertz CT molecular complexity index is 719. The highest BCUT2D eigenvalue weighted by Gasteiger charge is 2.19. The summed E-state index contributed by atoms with van der Waals surface area (Å²) in [6, 6.07) is 14.8. The fraction of sp³-hybridized carbons (Fsp3) is 0.350. The molecule has 1 N–H and O–H groups in total. The number of carbonyl (C=O) groups excluding carboxylic acids is 1. The van der Waals surface area contributed by atoms with Gasteiger partial charge in [0.15, 0.2) is 6.61 Å². The van der Waals surface area contributed by atoms with E-state index >= 15 is 0 Å². The van der Waals surface area contributed by atoms with Gasteiger partial charge in [0.1, 0.15) is 5.75 Å². The van der Waals surface area contributed by atoms with E-state index in [1.807, 2.05) is 24.3 Å². The van der Waals surface area contributed by atoms with Gasteiger partial charge in [-0.3, -0.25) is 4.79 Å². The maximum Gasteiger partial charge on any atom is 0.262 e. The highest BCUT2D eigenvalue weighted by molar-refractivity contribution is 6.30. The third-order valence-electron chi connectivity index (χ3n) is 4.41. The number of anilines is 2. The molecule has 138 valence electrons. The van der Waals surface area contributed by atoms with Crippen LogP contribution < -0.4 is 15.0 Å². The number of hydrogen-bond acceptors (Lipinski definition) is 4. The van der Waals surface area contributed by atoms with Gasteiger partial charge in [-0.25, -0.2) is 0 Å². The molecule has 5 nitrogen and oxygen atoms in total. The zero-order valence-corrected chi connectivity index (χ0v) is 15.5. The molecule has 0 aliphatic carbocycles. The molecule has 1 saturated heterocycles. The molecule has 6 heteroatoms. The van der Waals surface area contributed by atoms with E-state index in [4.69, 9.17) is 21.1 Å². The number of nitrogens with one attached hydrogen (secondary N) is 1. The van der Waals surface area contributed by atoms with Crippen molar-refractivity contribution < 1.29 is 14.3 Å². The van der Waals surface area contributed by atoms with Crippen LogP contribution in [0.2, 0.25) is 5.02 Å².